The van der Waals surface area contributed by atoms with Crippen molar-refractivity contribution in [2.45, 2.75) is 58.3 Å². The van der Waals surface area contributed by atoms with Crippen LogP contribution in [-0.4, -0.2) is 6.54 Å². The topological polar surface area (TPSA) is 21.3 Å². The van der Waals surface area contributed by atoms with E-state index in [9.17, 15) is 0 Å². The van der Waals surface area contributed by atoms with Gasteiger partial charge in [0, 0.05) is 6.04 Å². The molecule has 0 aromatic heterocycles. The Bertz CT molecular complexity index is 453. The van der Waals surface area contributed by atoms with E-state index in [0.29, 0.717) is 6.04 Å². The maximum Gasteiger partial charge on any atom is 0.0728 e. The van der Waals surface area contributed by atoms with Crippen molar-refractivity contribution in [2.75, 3.05) is 6.54 Å². The zero-order chi connectivity index (χ0) is 12.8. The first-order valence-electron chi connectivity index (χ1n) is 7.03. The highest BCUT2D eigenvalue weighted by Gasteiger charge is 2.26. The molecule has 0 amide bonds. The van der Waals surface area contributed by atoms with Crippen molar-refractivity contribution in [1.82, 2.24) is 5.32 Å². The number of rotatable bonds is 1. The minimum Gasteiger partial charge on any atom is -0.372 e. The second-order valence-electron chi connectivity index (χ2n) is 6.59. The Morgan fingerprint density at radius 3 is 2.72 bits per heavy atom. The lowest BCUT2D eigenvalue weighted by Crippen LogP contribution is -2.18. The molecule has 0 saturated carbocycles. The Balaban J connectivity index is 2.08. The summed E-state index contributed by atoms with van der Waals surface area (Å²) in [5, 5.41) is 3.63. The number of nitrogens with one attached hydrogen (secondary N) is 1. The molecule has 2 aliphatic rings. The summed E-state index contributed by atoms with van der Waals surface area (Å²) < 4.78 is 5.66. The van der Waals surface area contributed by atoms with Gasteiger partial charge in [0.1, 0.15) is 0 Å². The molecular formula is C16H23NO. The average Bonchev–Trinajstić information content (AvgIpc) is 2.97. The van der Waals surface area contributed by atoms with Crippen molar-refractivity contribution in [3.8, 4) is 0 Å². The summed E-state index contributed by atoms with van der Waals surface area (Å²) in [6.45, 7) is 9.61. The molecule has 0 unspecified atom stereocenters. The van der Waals surface area contributed by atoms with Gasteiger partial charge in [0.05, 0.1) is 13.2 Å². The molecule has 18 heavy (non-hydrogen) atoms. The van der Waals surface area contributed by atoms with E-state index in [2.05, 4.69) is 38.2 Å². The maximum absolute atomic E-state index is 5.66. The molecule has 2 heterocycles. The Kier molecular flexibility index (Phi) is 2.95. The van der Waals surface area contributed by atoms with Crippen LogP contribution in [0.25, 0.3) is 0 Å². The first kappa shape index (κ1) is 12.2. The van der Waals surface area contributed by atoms with Gasteiger partial charge < -0.3 is 10.1 Å². The lowest BCUT2D eigenvalue weighted by Gasteiger charge is -2.24. The van der Waals surface area contributed by atoms with Gasteiger partial charge in [-0.2, -0.15) is 0 Å². The monoisotopic (exact) mass is 245 g/mol. The first-order chi connectivity index (χ1) is 8.55. The van der Waals surface area contributed by atoms with Crippen LogP contribution < -0.4 is 5.32 Å². The van der Waals surface area contributed by atoms with E-state index >= 15 is 0 Å². The molecule has 1 saturated heterocycles. The number of hydrogen-bond acceptors (Lipinski definition) is 2. The standard InChI is InChI=1S/C16H23NO/c1-16(2,3)12-7-11-9-18-10-14(11)13(8-12)15-5-4-6-17-15/h7-8,15,17H,4-6,9-10H2,1-3H3/t15-/m1/s1. The van der Waals surface area contributed by atoms with Gasteiger partial charge in [0.25, 0.3) is 0 Å². The van der Waals surface area contributed by atoms with Crippen LogP contribution in [0.5, 0.6) is 0 Å². The molecule has 0 spiro atoms. The third kappa shape index (κ3) is 2.08. The highest BCUT2D eigenvalue weighted by Crippen LogP contribution is 2.36. The van der Waals surface area contributed by atoms with Crippen molar-refractivity contribution in [1.29, 1.82) is 0 Å². The van der Waals surface area contributed by atoms with E-state index < -0.39 is 0 Å². The summed E-state index contributed by atoms with van der Waals surface area (Å²) in [6.07, 6.45) is 2.56. The number of ether oxygens (including phenoxy) is 1. The Labute approximate surface area is 110 Å². The lowest BCUT2D eigenvalue weighted by atomic mass is 9.82. The van der Waals surface area contributed by atoms with E-state index in [4.69, 9.17) is 4.74 Å². The minimum atomic E-state index is 0.213. The second-order valence-corrected chi connectivity index (χ2v) is 6.59. The molecule has 98 valence electrons. The van der Waals surface area contributed by atoms with Crippen molar-refractivity contribution in [2.24, 2.45) is 0 Å². The molecule has 2 heteroatoms. The summed E-state index contributed by atoms with van der Waals surface area (Å²) in [5.41, 5.74) is 6.00. The summed E-state index contributed by atoms with van der Waals surface area (Å²) in [5.74, 6) is 0. The molecule has 0 aliphatic carbocycles. The van der Waals surface area contributed by atoms with Crippen LogP contribution in [0, 0.1) is 0 Å². The maximum atomic E-state index is 5.66. The van der Waals surface area contributed by atoms with Crippen LogP contribution >= 0.6 is 0 Å². The van der Waals surface area contributed by atoms with E-state index in [-0.39, 0.29) is 5.41 Å². The van der Waals surface area contributed by atoms with Crippen LogP contribution in [0.4, 0.5) is 0 Å². The van der Waals surface area contributed by atoms with Gasteiger partial charge in [-0.15, -0.1) is 0 Å². The zero-order valence-electron chi connectivity index (χ0n) is 11.7. The van der Waals surface area contributed by atoms with Crippen molar-refractivity contribution < 1.29 is 4.74 Å². The SMILES string of the molecule is CC(C)(C)c1cc2c(c([C@H]3CCCN3)c1)COC2. The Morgan fingerprint density at radius 2 is 2.06 bits per heavy atom. The molecule has 1 aromatic carbocycles. The van der Waals surface area contributed by atoms with E-state index in [1.54, 1.807) is 0 Å². The summed E-state index contributed by atoms with van der Waals surface area (Å²) in [4.78, 5) is 0. The Morgan fingerprint density at radius 1 is 1.22 bits per heavy atom. The predicted octanol–water partition coefficient (Wildman–Crippen LogP) is 3.44. The number of fused-ring (bicyclic) bond motifs is 1. The fourth-order valence-electron chi connectivity index (χ4n) is 3.02. The highest BCUT2D eigenvalue weighted by molar-refractivity contribution is 5.44. The molecule has 1 atom stereocenters. The molecule has 0 radical (unpaired) electrons. The van der Waals surface area contributed by atoms with Gasteiger partial charge in [0.15, 0.2) is 0 Å². The average molecular weight is 245 g/mol. The second kappa shape index (κ2) is 4.36. The van der Waals surface area contributed by atoms with Crippen LogP contribution in [0.1, 0.15) is 61.9 Å². The van der Waals surface area contributed by atoms with Crippen molar-refractivity contribution in [3.05, 3.63) is 34.4 Å². The molecule has 1 fully saturated rings. The fraction of sp³-hybridized carbons (Fsp3) is 0.625. The third-order valence-corrected chi connectivity index (χ3v) is 4.18. The molecule has 2 aliphatic heterocycles. The van der Waals surface area contributed by atoms with Gasteiger partial charge in [-0.25, -0.2) is 0 Å². The lowest BCUT2D eigenvalue weighted by molar-refractivity contribution is 0.134. The largest absolute Gasteiger partial charge is 0.372 e. The smallest absolute Gasteiger partial charge is 0.0728 e. The fourth-order valence-corrected chi connectivity index (χ4v) is 3.02. The molecular weight excluding hydrogens is 222 g/mol. The zero-order valence-corrected chi connectivity index (χ0v) is 11.7. The van der Waals surface area contributed by atoms with E-state index in [0.717, 1.165) is 19.8 Å². The normalized spacial score (nSPS) is 23.4. The van der Waals surface area contributed by atoms with Crippen LogP contribution in [-0.2, 0) is 23.4 Å². The van der Waals surface area contributed by atoms with Crippen LogP contribution in [0.3, 0.4) is 0 Å². The van der Waals surface area contributed by atoms with Gasteiger partial charge in [0.2, 0.25) is 0 Å². The summed E-state index contributed by atoms with van der Waals surface area (Å²) in [7, 11) is 0. The Hall–Kier alpha value is -0.860. The molecule has 1 N–H and O–H groups in total. The van der Waals surface area contributed by atoms with E-state index in [1.807, 2.05) is 0 Å². The summed E-state index contributed by atoms with van der Waals surface area (Å²) in [6, 6.07) is 5.31. The van der Waals surface area contributed by atoms with Gasteiger partial charge >= 0.3 is 0 Å². The van der Waals surface area contributed by atoms with Crippen molar-refractivity contribution >= 4 is 0 Å². The van der Waals surface area contributed by atoms with E-state index in [1.165, 1.54) is 35.1 Å². The summed E-state index contributed by atoms with van der Waals surface area (Å²) >= 11 is 0. The highest BCUT2D eigenvalue weighted by atomic mass is 16.5. The molecule has 1 aromatic rings. The van der Waals surface area contributed by atoms with Gasteiger partial charge in [-0.05, 0) is 47.1 Å². The van der Waals surface area contributed by atoms with Crippen LogP contribution in [0.15, 0.2) is 12.1 Å². The van der Waals surface area contributed by atoms with Crippen molar-refractivity contribution in [3.63, 3.8) is 0 Å². The van der Waals surface area contributed by atoms with Crippen LogP contribution in [0.2, 0.25) is 0 Å². The number of benzene rings is 1. The predicted molar refractivity (Wildman–Crippen MR) is 73.6 cm³/mol. The number of hydrogen-bond donors (Lipinski definition) is 1. The molecule has 0 bridgehead atoms. The van der Waals surface area contributed by atoms with Gasteiger partial charge in [-0.1, -0.05) is 32.9 Å². The molecule has 3 rings (SSSR count). The third-order valence-electron chi connectivity index (χ3n) is 4.18. The molecule has 2 nitrogen and oxygen atoms in total. The minimum absolute atomic E-state index is 0.213. The quantitative estimate of drug-likeness (QED) is 0.818. The van der Waals surface area contributed by atoms with Gasteiger partial charge in [-0.3, -0.25) is 0 Å². The first-order valence-corrected chi connectivity index (χ1v) is 7.03.